The Hall–Kier alpha value is -1.77. The summed E-state index contributed by atoms with van der Waals surface area (Å²) in [6.07, 6.45) is 3.58. The minimum Gasteiger partial charge on any atom is -0.378 e. The normalized spacial score (nSPS) is 9.89. The molecule has 0 saturated heterocycles. The number of hydrogen-bond acceptors (Lipinski definition) is 2. The Bertz CT molecular complexity index is 429. The van der Waals surface area contributed by atoms with Crippen LogP contribution in [0, 0.1) is 0 Å². The van der Waals surface area contributed by atoms with Crippen LogP contribution >= 0.6 is 0 Å². The van der Waals surface area contributed by atoms with Crippen molar-refractivity contribution in [3.8, 4) is 0 Å². The first kappa shape index (κ1) is 15.3. The molecular formula is C16H24N2O. The van der Waals surface area contributed by atoms with Crippen LogP contribution < -0.4 is 10.2 Å². The van der Waals surface area contributed by atoms with E-state index in [9.17, 15) is 4.79 Å². The van der Waals surface area contributed by atoms with Crippen LogP contribution in [0.25, 0.3) is 0 Å². The number of benzene rings is 1. The first-order chi connectivity index (χ1) is 8.99. The van der Waals surface area contributed by atoms with Crippen LogP contribution in [0.5, 0.6) is 0 Å². The molecule has 0 fully saturated rings. The number of allylic oxidation sites excluding steroid dienone is 1. The highest BCUT2D eigenvalue weighted by Gasteiger charge is 1.98. The second kappa shape index (κ2) is 7.62. The van der Waals surface area contributed by atoms with Crippen molar-refractivity contribution in [2.75, 3.05) is 25.5 Å². The molecule has 1 aromatic rings. The number of carbonyl (C=O) groups excluding carboxylic acids is 1. The summed E-state index contributed by atoms with van der Waals surface area (Å²) in [7, 11) is 4.07. The molecule has 1 rings (SSSR count). The summed E-state index contributed by atoms with van der Waals surface area (Å²) in [5.74, 6) is 0.00274. The molecule has 0 spiro atoms. The number of rotatable bonds is 6. The van der Waals surface area contributed by atoms with Gasteiger partial charge in [0.15, 0.2) is 0 Å². The molecule has 0 aliphatic carbocycles. The molecule has 0 radical (unpaired) electrons. The maximum absolute atomic E-state index is 11.4. The maximum atomic E-state index is 11.4. The topological polar surface area (TPSA) is 32.3 Å². The zero-order valence-electron chi connectivity index (χ0n) is 12.4. The fourth-order valence-corrected chi connectivity index (χ4v) is 1.78. The van der Waals surface area contributed by atoms with Crippen LogP contribution in [-0.4, -0.2) is 26.5 Å². The lowest BCUT2D eigenvalue weighted by Gasteiger charge is -2.12. The molecule has 0 bridgehead atoms. The molecule has 1 N–H and O–H groups in total. The highest BCUT2D eigenvalue weighted by Crippen LogP contribution is 2.13. The number of carbonyl (C=O) groups is 1. The molecule has 3 heteroatoms. The lowest BCUT2D eigenvalue weighted by atomic mass is 10.1. The van der Waals surface area contributed by atoms with E-state index in [-0.39, 0.29) is 5.91 Å². The minimum absolute atomic E-state index is 0.00274. The van der Waals surface area contributed by atoms with Crippen molar-refractivity contribution >= 4 is 11.6 Å². The SMILES string of the molecule is CC(C)=CC(=O)NCCCc1ccc(N(C)C)cc1. The average Bonchev–Trinajstić information content (AvgIpc) is 2.34. The first-order valence-corrected chi connectivity index (χ1v) is 6.68. The van der Waals surface area contributed by atoms with Gasteiger partial charge in [-0.25, -0.2) is 0 Å². The van der Waals surface area contributed by atoms with E-state index in [0.717, 1.165) is 25.0 Å². The Labute approximate surface area is 116 Å². The van der Waals surface area contributed by atoms with Gasteiger partial charge in [0, 0.05) is 32.4 Å². The molecule has 19 heavy (non-hydrogen) atoms. The lowest BCUT2D eigenvalue weighted by Crippen LogP contribution is -2.22. The Kier molecular flexibility index (Phi) is 6.13. The van der Waals surface area contributed by atoms with Crippen LogP contribution in [0.2, 0.25) is 0 Å². The van der Waals surface area contributed by atoms with Crippen LogP contribution in [0.1, 0.15) is 25.8 Å². The summed E-state index contributed by atoms with van der Waals surface area (Å²) < 4.78 is 0. The second-order valence-corrected chi connectivity index (χ2v) is 5.18. The van der Waals surface area contributed by atoms with Gasteiger partial charge in [-0.15, -0.1) is 0 Å². The van der Waals surface area contributed by atoms with Crippen molar-refractivity contribution < 1.29 is 4.79 Å². The Morgan fingerprint density at radius 1 is 1.21 bits per heavy atom. The maximum Gasteiger partial charge on any atom is 0.243 e. The summed E-state index contributed by atoms with van der Waals surface area (Å²) >= 11 is 0. The van der Waals surface area contributed by atoms with Gasteiger partial charge >= 0.3 is 0 Å². The molecule has 0 aromatic heterocycles. The molecule has 0 aliphatic rings. The van der Waals surface area contributed by atoms with Crippen LogP contribution in [-0.2, 0) is 11.2 Å². The smallest absolute Gasteiger partial charge is 0.243 e. The largest absolute Gasteiger partial charge is 0.378 e. The summed E-state index contributed by atoms with van der Waals surface area (Å²) in [5.41, 5.74) is 3.54. The number of aryl methyl sites for hydroxylation is 1. The first-order valence-electron chi connectivity index (χ1n) is 6.68. The van der Waals surface area contributed by atoms with Gasteiger partial charge in [-0.1, -0.05) is 17.7 Å². The average molecular weight is 260 g/mol. The number of anilines is 1. The van der Waals surface area contributed by atoms with Crippen molar-refractivity contribution in [3.63, 3.8) is 0 Å². The Morgan fingerprint density at radius 2 is 1.84 bits per heavy atom. The van der Waals surface area contributed by atoms with E-state index < -0.39 is 0 Å². The van der Waals surface area contributed by atoms with Crippen LogP contribution in [0.4, 0.5) is 5.69 Å². The third-order valence-electron chi connectivity index (χ3n) is 2.81. The van der Waals surface area contributed by atoms with Crippen LogP contribution in [0.15, 0.2) is 35.9 Å². The van der Waals surface area contributed by atoms with E-state index in [1.54, 1.807) is 6.08 Å². The zero-order chi connectivity index (χ0) is 14.3. The summed E-state index contributed by atoms with van der Waals surface area (Å²) in [4.78, 5) is 13.5. The summed E-state index contributed by atoms with van der Waals surface area (Å²) in [5, 5.41) is 2.89. The molecule has 104 valence electrons. The van der Waals surface area contributed by atoms with Crippen molar-refractivity contribution in [1.29, 1.82) is 0 Å². The van der Waals surface area contributed by atoms with Gasteiger partial charge in [-0.2, -0.15) is 0 Å². The molecule has 0 unspecified atom stereocenters. The molecule has 1 aromatic carbocycles. The fourth-order valence-electron chi connectivity index (χ4n) is 1.78. The Morgan fingerprint density at radius 3 is 2.37 bits per heavy atom. The van der Waals surface area contributed by atoms with E-state index in [2.05, 4.69) is 34.5 Å². The molecule has 0 aliphatic heterocycles. The predicted molar refractivity (Wildman–Crippen MR) is 81.5 cm³/mol. The zero-order valence-corrected chi connectivity index (χ0v) is 12.4. The molecular weight excluding hydrogens is 236 g/mol. The van der Waals surface area contributed by atoms with Gasteiger partial charge < -0.3 is 10.2 Å². The molecule has 0 saturated carbocycles. The quantitative estimate of drug-likeness (QED) is 0.630. The van der Waals surface area contributed by atoms with Gasteiger partial charge in [0.05, 0.1) is 0 Å². The molecule has 1 amide bonds. The van der Waals surface area contributed by atoms with Crippen molar-refractivity contribution in [2.24, 2.45) is 0 Å². The van der Waals surface area contributed by atoms with E-state index >= 15 is 0 Å². The van der Waals surface area contributed by atoms with E-state index in [0.29, 0.717) is 0 Å². The summed E-state index contributed by atoms with van der Waals surface area (Å²) in [6, 6.07) is 8.54. The number of amides is 1. The standard InChI is InChI=1S/C16H24N2O/c1-13(2)12-16(19)17-11-5-6-14-7-9-15(10-8-14)18(3)4/h7-10,12H,5-6,11H2,1-4H3,(H,17,19). The van der Waals surface area contributed by atoms with E-state index in [1.165, 1.54) is 11.3 Å². The highest BCUT2D eigenvalue weighted by atomic mass is 16.1. The number of nitrogens with one attached hydrogen (secondary N) is 1. The van der Waals surface area contributed by atoms with Gasteiger partial charge in [-0.3, -0.25) is 4.79 Å². The van der Waals surface area contributed by atoms with Gasteiger partial charge in [0.1, 0.15) is 0 Å². The van der Waals surface area contributed by atoms with E-state index in [4.69, 9.17) is 0 Å². The third kappa shape index (κ3) is 6.09. The highest BCUT2D eigenvalue weighted by molar-refractivity contribution is 5.87. The number of nitrogens with zero attached hydrogens (tertiary/aromatic N) is 1. The molecule has 0 heterocycles. The predicted octanol–water partition coefficient (Wildman–Crippen LogP) is 2.77. The van der Waals surface area contributed by atoms with E-state index in [1.807, 2.05) is 27.9 Å². The van der Waals surface area contributed by atoms with Crippen LogP contribution in [0.3, 0.4) is 0 Å². The van der Waals surface area contributed by atoms with Crippen molar-refractivity contribution in [3.05, 3.63) is 41.5 Å². The summed E-state index contributed by atoms with van der Waals surface area (Å²) in [6.45, 7) is 4.57. The van der Waals surface area contributed by atoms with Gasteiger partial charge in [0.2, 0.25) is 5.91 Å². The second-order valence-electron chi connectivity index (χ2n) is 5.18. The monoisotopic (exact) mass is 260 g/mol. The van der Waals surface area contributed by atoms with Gasteiger partial charge in [0.25, 0.3) is 0 Å². The van der Waals surface area contributed by atoms with Crippen molar-refractivity contribution in [2.45, 2.75) is 26.7 Å². The third-order valence-corrected chi connectivity index (χ3v) is 2.81. The molecule has 0 atom stereocenters. The van der Waals surface area contributed by atoms with Crippen molar-refractivity contribution in [1.82, 2.24) is 5.32 Å². The molecule has 3 nitrogen and oxygen atoms in total. The lowest BCUT2D eigenvalue weighted by molar-refractivity contribution is -0.116. The Balaban J connectivity index is 2.30. The fraction of sp³-hybridized carbons (Fsp3) is 0.438. The number of hydrogen-bond donors (Lipinski definition) is 1. The van der Waals surface area contributed by atoms with Gasteiger partial charge in [-0.05, 0) is 44.4 Å². The minimum atomic E-state index is 0.00274.